The molecular formula is C31H20Br2Cl2N2O4S. The fourth-order valence-corrected chi connectivity index (χ4v) is 5.92. The lowest BCUT2D eigenvalue weighted by Gasteiger charge is -2.36. The van der Waals surface area contributed by atoms with E-state index in [1.54, 1.807) is 66.7 Å². The van der Waals surface area contributed by atoms with E-state index >= 15 is 0 Å². The first kappa shape index (κ1) is 30.3. The summed E-state index contributed by atoms with van der Waals surface area (Å²) in [6.45, 7) is 0.186. The van der Waals surface area contributed by atoms with Crippen LogP contribution in [0.25, 0.3) is 6.08 Å². The van der Waals surface area contributed by atoms with Crippen LogP contribution in [-0.2, 0) is 16.2 Å². The Morgan fingerprint density at radius 2 is 1.38 bits per heavy atom. The Morgan fingerprint density at radius 1 is 0.810 bits per heavy atom. The van der Waals surface area contributed by atoms with Gasteiger partial charge >= 0.3 is 0 Å². The van der Waals surface area contributed by atoms with Gasteiger partial charge in [-0.05, 0) is 104 Å². The Balaban J connectivity index is 1.57. The van der Waals surface area contributed by atoms with Gasteiger partial charge in [0.2, 0.25) is 0 Å². The maximum Gasteiger partial charge on any atom is 0.270 e. The molecule has 4 aromatic rings. The summed E-state index contributed by atoms with van der Waals surface area (Å²) in [7, 11) is 1.50. The second kappa shape index (κ2) is 13.0. The van der Waals surface area contributed by atoms with Crippen LogP contribution < -0.4 is 19.3 Å². The van der Waals surface area contributed by atoms with Gasteiger partial charge in [-0.15, -0.1) is 0 Å². The number of anilines is 2. The summed E-state index contributed by atoms with van der Waals surface area (Å²) in [6.07, 6.45) is 1.51. The minimum atomic E-state index is -0.551. The quantitative estimate of drug-likeness (QED) is 0.108. The first-order valence-electron chi connectivity index (χ1n) is 12.4. The number of carbonyl (C=O) groups is 2. The molecule has 6 nitrogen and oxygen atoms in total. The Bertz CT molecular complexity index is 1670. The fourth-order valence-electron chi connectivity index (χ4n) is 4.28. The molecule has 1 saturated heterocycles. The molecular weight excluding hydrogens is 727 g/mol. The highest BCUT2D eigenvalue weighted by atomic mass is 79.9. The van der Waals surface area contributed by atoms with Crippen LogP contribution in [-0.4, -0.2) is 24.0 Å². The van der Waals surface area contributed by atoms with Crippen molar-refractivity contribution in [2.45, 2.75) is 6.61 Å². The fraction of sp³-hybridized carbons (Fsp3) is 0.0645. The molecule has 0 saturated carbocycles. The van der Waals surface area contributed by atoms with E-state index in [-0.39, 0.29) is 17.3 Å². The van der Waals surface area contributed by atoms with Crippen LogP contribution in [0.5, 0.6) is 11.5 Å². The van der Waals surface area contributed by atoms with Crippen molar-refractivity contribution in [1.82, 2.24) is 0 Å². The van der Waals surface area contributed by atoms with Gasteiger partial charge in [-0.3, -0.25) is 19.4 Å². The Hall–Kier alpha value is -3.21. The maximum atomic E-state index is 13.9. The van der Waals surface area contributed by atoms with Gasteiger partial charge in [-0.25, -0.2) is 0 Å². The highest BCUT2D eigenvalue weighted by Crippen LogP contribution is 2.44. The SMILES string of the molecule is COc1cc(C=C2C(=O)N(c3ccccc3)C(=S)N(c3ccccc3)C2=O)c(Br)c(Br)c1OCc1ccc(Cl)c(Cl)c1. The van der Waals surface area contributed by atoms with Crippen LogP contribution in [0.1, 0.15) is 11.1 Å². The molecule has 4 aromatic carbocycles. The molecule has 0 N–H and O–H groups in total. The van der Waals surface area contributed by atoms with Gasteiger partial charge in [0.1, 0.15) is 12.2 Å². The molecule has 2 amide bonds. The molecule has 0 atom stereocenters. The van der Waals surface area contributed by atoms with Crippen molar-refractivity contribution in [2.24, 2.45) is 0 Å². The van der Waals surface area contributed by atoms with E-state index in [1.807, 2.05) is 18.2 Å². The van der Waals surface area contributed by atoms with Crippen molar-refractivity contribution < 1.29 is 19.1 Å². The molecule has 1 aliphatic rings. The van der Waals surface area contributed by atoms with Crippen LogP contribution >= 0.6 is 67.3 Å². The number of rotatable bonds is 7. The lowest BCUT2D eigenvalue weighted by molar-refractivity contribution is -0.120. The van der Waals surface area contributed by atoms with E-state index in [0.717, 1.165) is 5.56 Å². The summed E-state index contributed by atoms with van der Waals surface area (Å²) in [6, 6.07) is 24.8. The summed E-state index contributed by atoms with van der Waals surface area (Å²) in [4.78, 5) is 30.5. The normalized spacial score (nSPS) is 13.5. The van der Waals surface area contributed by atoms with Crippen LogP contribution in [0.4, 0.5) is 11.4 Å². The molecule has 1 aliphatic heterocycles. The average molecular weight is 747 g/mol. The number of carbonyl (C=O) groups excluding carboxylic acids is 2. The summed E-state index contributed by atoms with van der Waals surface area (Å²) in [5, 5.41) is 0.925. The molecule has 0 aromatic heterocycles. The van der Waals surface area contributed by atoms with Crippen molar-refractivity contribution in [3.8, 4) is 11.5 Å². The van der Waals surface area contributed by atoms with E-state index in [4.69, 9.17) is 44.9 Å². The zero-order valence-corrected chi connectivity index (χ0v) is 27.3. The van der Waals surface area contributed by atoms with Gasteiger partial charge < -0.3 is 9.47 Å². The number of para-hydroxylation sites is 2. The van der Waals surface area contributed by atoms with Crippen molar-refractivity contribution in [2.75, 3.05) is 16.9 Å². The van der Waals surface area contributed by atoms with Crippen LogP contribution in [0, 0.1) is 0 Å². The molecule has 0 spiro atoms. The van der Waals surface area contributed by atoms with Gasteiger partial charge in [0.15, 0.2) is 16.6 Å². The average Bonchev–Trinajstić information content (AvgIpc) is 2.99. The van der Waals surface area contributed by atoms with E-state index in [1.165, 1.54) is 23.0 Å². The predicted octanol–water partition coefficient (Wildman–Crippen LogP) is 8.85. The maximum absolute atomic E-state index is 13.9. The number of nitrogens with zero attached hydrogens (tertiary/aromatic N) is 2. The minimum Gasteiger partial charge on any atom is -0.493 e. The monoisotopic (exact) mass is 744 g/mol. The zero-order chi connectivity index (χ0) is 30.0. The number of halogens is 4. The summed E-state index contributed by atoms with van der Waals surface area (Å²) < 4.78 is 12.8. The third-order valence-corrected chi connectivity index (χ3v) is 9.57. The highest BCUT2D eigenvalue weighted by Gasteiger charge is 2.41. The summed E-state index contributed by atoms with van der Waals surface area (Å²) in [5.41, 5.74) is 2.30. The van der Waals surface area contributed by atoms with Crippen molar-refractivity contribution in [3.05, 3.63) is 121 Å². The molecule has 0 unspecified atom stereocenters. The van der Waals surface area contributed by atoms with Gasteiger partial charge in [-0.1, -0.05) is 65.7 Å². The van der Waals surface area contributed by atoms with E-state index < -0.39 is 11.8 Å². The number of ether oxygens (including phenoxy) is 2. The van der Waals surface area contributed by atoms with Crippen molar-refractivity contribution >= 4 is 102 Å². The topological polar surface area (TPSA) is 59.1 Å². The number of thiocarbonyl (C=S) groups is 1. The number of benzene rings is 4. The lowest BCUT2D eigenvalue weighted by Crippen LogP contribution is -2.56. The third kappa shape index (κ3) is 5.98. The number of hydrogen-bond donors (Lipinski definition) is 0. The van der Waals surface area contributed by atoms with Gasteiger partial charge in [-0.2, -0.15) is 0 Å². The second-order valence-electron chi connectivity index (χ2n) is 8.96. The smallest absolute Gasteiger partial charge is 0.270 e. The Morgan fingerprint density at radius 3 is 1.90 bits per heavy atom. The van der Waals surface area contributed by atoms with Crippen LogP contribution in [0.2, 0.25) is 10.0 Å². The first-order chi connectivity index (χ1) is 20.2. The van der Waals surface area contributed by atoms with E-state index in [0.29, 0.717) is 47.4 Å². The van der Waals surface area contributed by atoms with Crippen molar-refractivity contribution in [3.63, 3.8) is 0 Å². The zero-order valence-electron chi connectivity index (χ0n) is 21.8. The molecule has 1 fully saturated rings. The largest absolute Gasteiger partial charge is 0.493 e. The van der Waals surface area contributed by atoms with Crippen molar-refractivity contribution in [1.29, 1.82) is 0 Å². The molecule has 5 rings (SSSR count). The molecule has 42 heavy (non-hydrogen) atoms. The molecule has 11 heteroatoms. The van der Waals surface area contributed by atoms with Gasteiger partial charge in [0.05, 0.1) is 33.0 Å². The number of amides is 2. The lowest BCUT2D eigenvalue weighted by atomic mass is 10.0. The summed E-state index contributed by atoms with van der Waals surface area (Å²) >= 11 is 25.1. The van der Waals surface area contributed by atoms with Gasteiger partial charge in [0.25, 0.3) is 11.8 Å². The molecule has 1 heterocycles. The highest BCUT2D eigenvalue weighted by molar-refractivity contribution is 9.13. The molecule has 0 radical (unpaired) electrons. The van der Waals surface area contributed by atoms with Crippen LogP contribution in [0.15, 0.2) is 99.4 Å². The third-order valence-electron chi connectivity index (χ3n) is 6.32. The second-order valence-corrected chi connectivity index (χ2v) is 11.7. The number of hydrogen-bond acceptors (Lipinski definition) is 5. The minimum absolute atomic E-state index is 0.0587. The molecule has 0 aliphatic carbocycles. The standard InChI is InChI=1S/C31H20Br2Cl2N2O4S/c1-40-25-16-19(26(32)27(33)28(25)41-17-18-12-13-23(34)24(35)14-18)15-22-29(38)36(20-8-4-2-5-9-20)31(42)37(30(22)39)21-10-6-3-7-11-21/h2-16H,17H2,1H3. The van der Waals surface area contributed by atoms with Crippen LogP contribution in [0.3, 0.4) is 0 Å². The van der Waals surface area contributed by atoms with E-state index in [9.17, 15) is 9.59 Å². The molecule has 0 bridgehead atoms. The Kier molecular flexibility index (Phi) is 9.35. The predicted molar refractivity (Wildman–Crippen MR) is 178 cm³/mol. The van der Waals surface area contributed by atoms with Gasteiger partial charge in [0, 0.05) is 4.47 Å². The van der Waals surface area contributed by atoms with E-state index in [2.05, 4.69) is 31.9 Å². The Labute approximate surface area is 274 Å². The number of methoxy groups -OCH3 is 1. The summed E-state index contributed by atoms with van der Waals surface area (Å²) in [5.74, 6) is -0.310. The first-order valence-corrected chi connectivity index (χ1v) is 15.1. The molecule has 212 valence electrons.